The molecule has 2 N–H and O–H groups in total. The summed E-state index contributed by atoms with van der Waals surface area (Å²) < 4.78 is 27.6. The molecule has 0 radical (unpaired) electrons. The van der Waals surface area contributed by atoms with E-state index < -0.39 is 10.0 Å². The lowest BCUT2D eigenvalue weighted by Gasteiger charge is -2.24. The Morgan fingerprint density at radius 2 is 1.96 bits per heavy atom. The molecule has 3 rings (SSSR count). The van der Waals surface area contributed by atoms with Gasteiger partial charge in [0.05, 0.1) is 4.90 Å². The summed E-state index contributed by atoms with van der Waals surface area (Å²) >= 11 is 0. The van der Waals surface area contributed by atoms with Gasteiger partial charge in [-0.05, 0) is 63.3 Å². The van der Waals surface area contributed by atoms with E-state index in [2.05, 4.69) is 10.0 Å². The number of amides is 2. The van der Waals surface area contributed by atoms with Crippen LogP contribution >= 0.6 is 0 Å². The van der Waals surface area contributed by atoms with Crippen LogP contribution in [0.25, 0.3) is 0 Å². The van der Waals surface area contributed by atoms with Crippen molar-refractivity contribution in [3.63, 3.8) is 0 Å². The van der Waals surface area contributed by atoms with Gasteiger partial charge in [0.15, 0.2) is 0 Å². The molecule has 8 heteroatoms. The van der Waals surface area contributed by atoms with E-state index in [9.17, 15) is 18.0 Å². The molecular formula is C20H29N3O4S. The minimum atomic E-state index is -3.70. The van der Waals surface area contributed by atoms with Crippen LogP contribution in [0.4, 0.5) is 5.69 Å². The molecule has 1 heterocycles. The molecule has 1 saturated carbocycles. The highest BCUT2D eigenvalue weighted by molar-refractivity contribution is 7.89. The largest absolute Gasteiger partial charge is 0.351 e. The monoisotopic (exact) mass is 407 g/mol. The Kier molecular flexibility index (Phi) is 5.82. The van der Waals surface area contributed by atoms with E-state index in [0.29, 0.717) is 13.0 Å². The van der Waals surface area contributed by atoms with Gasteiger partial charge in [-0.2, -0.15) is 0 Å². The number of anilines is 1. The highest BCUT2D eigenvalue weighted by Gasteiger charge is 2.36. The van der Waals surface area contributed by atoms with Crippen molar-refractivity contribution in [3.05, 3.63) is 23.8 Å². The molecular weight excluding hydrogens is 378 g/mol. The number of nitrogens with one attached hydrogen (secondary N) is 2. The van der Waals surface area contributed by atoms with Crippen LogP contribution in [0.1, 0.15) is 52.0 Å². The van der Waals surface area contributed by atoms with E-state index in [-0.39, 0.29) is 41.1 Å². The molecule has 1 fully saturated rings. The Balaban J connectivity index is 1.60. The summed E-state index contributed by atoms with van der Waals surface area (Å²) in [6.45, 7) is 6.48. The van der Waals surface area contributed by atoms with Gasteiger partial charge in [0, 0.05) is 36.7 Å². The van der Waals surface area contributed by atoms with Crippen molar-refractivity contribution in [1.29, 1.82) is 0 Å². The minimum Gasteiger partial charge on any atom is -0.351 e. The van der Waals surface area contributed by atoms with E-state index in [1.807, 2.05) is 20.8 Å². The van der Waals surface area contributed by atoms with Crippen LogP contribution in [0.5, 0.6) is 0 Å². The third-order valence-corrected chi connectivity index (χ3v) is 6.91. The van der Waals surface area contributed by atoms with Gasteiger partial charge in [0.2, 0.25) is 21.8 Å². The van der Waals surface area contributed by atoms with Gasteiger partial charge < -0.3 is 10.2 Å². The molecule has 1 aromatic carbocycles. The molecule has 28 heavy (non-hydrogen) atoms. The number of rotatable bonds is 8. The SMILES string of the molecule is CCC(C)(C)NC(=O)CCNS(=O)(=O)c1ccc2c(c1)CCN2C(=O)C1CC1. The maximum atomic E-state index is 12.6. The van der Waals surface area contributed by atoms with Gasteiger partial charge in [-0.15, -0.1) is 0 Å². The van der Waals surface area contributed by atoms with Crippen LogP contribution in [-0.4, -0.2) is 38.9 Å². The molecule has 154 valence electrons. The number of fused-ring (bicyclic) bond motifs is 1. The van der Waals surface area contributed by atoms with Crippen molar-refractivity contribution in [1.82, 2.24) is 10.0 Å². The highest BCUT2D eigenvalue weighted by Crippen LogP contribution is 2.37. The number of nitrogens with zero attached hydrogens (tertiary/aromatic N) is 1. The molecule has 0 aromatic heterocycles. The molecule has 1 aliphatic heterocycles. The Labute approximate surface area is 166 Å². The predicted molar refractivity (Wildman–Crippen MR) is 108 cm³/mol. The van der Waals surface area contributed by atoms with E-state index >= 15 is 0 Å². The average molecular weight is 408 g/mol. The van der Waals surface area contributed by atoms with Crippen LogP contribution in [0.3, 0.4) is 0 Å². The maximum Gasteiger partial charge on any atom is 0.240 e. The number of sulfonamides is 1. The molecule has 0 atom stereocenters. The first-order valence-corrected chi connectivity index (χ1v) is 11.4. The van der Waals surface area contributed by atoms with Crippen LogP contribution in [0, 0.1) is 5.92 Å². The normalized spacial score (nSPS) is 16.8. The summed E-state index contributed by atoms with van der Waals surface area (Å²) in [6, 6.07) is 4.88. The Hall–Kier alpha value is -1.93. The molecule has 7 nitrogen and oxygen atoms in total. The minimum absolute atomic E-state index is 0.0390. The van der Waals surface area contributed by atoms with Crippen molar-refractivity contribution in [2.75, 3.05) is 18.0 Å². The standard InChI is InChI=1S/C20H29N3O4S/c1-4-20(2,3)22-18(24)9-11-21-28(26,27)16-7-8-17-15(13-16)10-12-23(17)19(25)14-5-6-14/h7-8,13-14,21H,4-6,9-12H2,1-3H3,(H,22,24). The van der Waals surface area contributed by atoms with Gasteiger partial charge in [-0.3, -0.25) is 9.59 Å². The fourth-order valence-corrected chi connectivity index (χ4v) is 4.32. The van der Waals surface area contributed by atoms with Crippen molar-refractivity contribution in [2.45, 2.75) is 63.3 Å². The van der Waals surface area contributed by atoms with E-state index in [1.165, 1.54) is 6.07 Å². The lowest BCUT2D eigenvalue weighted by atomic mass is 10.0. The van der Waals surface area contributed by atoms with Crippen LogP contribution < -0.4 is 14.9 Å². The van der Waals surface area contributed by atoms with E-state index in [1.54, 1.807) is 17.0 Å². The Morgan fingerprint density at radius 3 is 2.61 bits per heavy atom. The average Bonchev–Trinajstić information content (AvgIpc) is 3.39. The summed E-state index contributed by atoms with van der Waals surface area (Å²) in [5.74, 6) is 0.103. The molecule has 0 bridgehead atoms. The number of carbonyl (C=O) groups is 2. The Morgan fingerprint density at radius 1 is 1.25 bits per heavy atom. The number of benzene rings is 1. The van der Waals surface area contributed by atoms with E-state index in [4.69, 9.17) is 0 Å². The van der Waals surface area contributed by atoms with Crippen molar-refractivity contribution in [2.24, 2.45) is 5.92 Å². The number of hydrogen-bond acceptors (Lipinski definition) is 4. The zero-order valence-electron chi connectivity index (χ0n) is 16.7. The van der Waals surface area contributed by atoms with Crippen molar-refractivity contribution >= 4 is 27.5 Å². The summed E-state index contributed by atoms with van der Waals surface area (Å²) in [5, 5.41) is 2.88. The van der Waals surface area contributed by atoms with Crippen molar-refractivity contribution < 1.29 is 18.0 Å². The van der Waals surface area contributed by atoms with Gasteiger partial charge in [0.25, 0.3) is 0 Å². The highest BCUT2D eigenvalue weighted by atomic mass is 32.2. The third-order valence-electron chi connectivity index (χ3n) is 5.46. The smallest absolute Gasteiger partial charge is 0.240 e. The number of hydrogen-bond donors (Lipinski definition) is 2. The topological polar surface area (TPSA) is 95.6 Å². The van der Waals surface area contributed by atoms with Crippen LogP contribution in [-0.2, 0) is 26.0 Å². The summed E-state index contributed by atoms with van der Waals surface area (Å²) in [7, 11) is -3.70. The predicted octanol–water partition coefficient (Wildman–Crippen LogP) is 1.96. The second kappa shape index (κ2) is 7.83. The van der Waals surface area contributed by atoms with E-state index in [0.717, 1.165) is 30.5 Å². The first-order valence-electron chi connectivity index (χ1n) is 9.88. The second-order valence-electron chi connectivity index (χ2n) is 8.24. The third kappa shape index (κ3) is 4.72. The van der Waals surface area contributed by atoms with Gasteiger partial charge >= 0.3 is 0 Å². The molecule has 2 aliphatic rings. The summed E-state index contributed by atoms with van der Waals surface area (Å²) in [6.07, 6.45) is 3.43. The lowest BCUT2D eigenvalue weighted by Crippen LogP contribution is -2.43. The maximum absolute atomic E-state index is 12.6. The Bertz CT molecular complexity index is 875. The van der Waals surface area contributed by atoms with Crippen molar-refractivity contribution in [3.8, 4) is 0 Å². The zero-order chi connectivity index (χ0) is 20.5. The van der Waals surface area contributed by atoms with Crippen LogP contribution in [0.2, 0.25) is 0 Å². The molecule has 2 amide bonds. The fourth-order valence-electron chi connectivity index (χ4n) is 3.24. The fraction of sp³-hybridized carbons (Fsp3) is 0.600. The summed E-state index contributed by atoms with van der Waals surface area (Å²) in [5.41, 5.74) is 1.39. The molecule has 0 spiro atoms. The van der Waals surface area contributed by atoms with Crippen LogP contribution in [0.15, 0.2) is 23.1 Å². The van der Waals surface area contributed by atoms with Gasteiger partial charge in [-0.1, -0.05) is 6.92 Å². The quantitative estimate of drug-likeness (QED) is 0.689. The lowest BCUT2D eigenvalue weighted by molar-refractivity contribution is -0.122. The zero-order valence-corrected chi connectivity index (χ0v) is 17.6. The molecule has 0 saturated heterocycles. The summed E-state index contributed by atoms with van der Waals surface area (Å²) in [4.78, 5) is 26.2. The van der Waals surface area contributed by atoms with Gasteiger partial charge in [0.1, 0.15) is 0 Å². The first-order chi connectivity index (χ1) is 13.1. The molecule has 0 unspecified atom stereocenters. The first kappa shape index (κ1) is 20.8. The second-order valence-corrected chi connectivity index (χ2v) is 10.0. The number of carbonyl (C=O) groups excluding carboxylic acids is 2. The van der Waals surface area contributed by atoms with Gasteiger partial charge in [-0.25, -0.2) is 13.1 Å². The molecule has 1 aliphatic carbocycles. The molecule has 1 aromatic rings.